The van der Waals surface area contributed by atoms with Crippen molar-refractivity contribution in [1.29, 1.82) is 0 Å². The molecule has 0 saturated carbocycles. The molecular weight excluding hydrogens is 387 g/mol. The van der Waals surface area contributed by atoms with E-state index in [1.807, 2.05) is 24.3 Å². The van der Waals surface area contributed by atoms with Gasteiger partial charge in [-0.25, -0.2) is 4.79 Å². The minimum atomic E-state index is -0.569. The van der Waals surface area contributed by atoms with Crippen molar-refractivity contribution >= 4 is 41.0 Å². The standard InChI is InChI=1S/C20H18Cl2N2O3/c21-16-5-1-3-14(11-16)7-9-23-18(25)13-19(26)24(20(23)27)10-8-15-4-2-6-17(22)12-15/h1-6,11-12H,7-10,13H2. The molecule has 0 aromatic heterocycles. The number of benzene rings is 2. The van der Waals surface area contributed by atoms with E-state index in [2.05, 4.69) is 0 Å². The predicted molar refractivity (Wildman–Crippen MR) is 104 cm³/mol. The lowest BCUT2D eigenvalue weighted by Gasteiger charge is -2.32. The number of rotatable bonds is 6. The molecule has 5 nitrogen and oxygen atoms in total. The quantitative estimate of drug-likeness (QED) is 0.684. The first-order valence-corrected chi connectivity index (χ1v) is 9.33. The van der Waals surface area contributed by atoms with Gasteiger partial charge in [0, 0.05) is 23.1 Å². The molecule has 4 amide bonds. The van der Waals surface area contributed by atoms with E-state index < -0.39 is 17.8 Å². The van der Waals surface area contributed by atoms with Crippen molar-refractivity contribution in [2.45, 2.75) is 19.3 Å². The number of halogens is 2. The molecule has 3 rings (SSSR count). The second-order valence-electron chi connectivity index (χ2n) is 6.31. The Hall–Kier alpha value is -2.37. The van der Waals surface area contributed by atoms with Gasteiger partial charge in [-0.05, 0) is 48.2 Å². The molecule has 1 fully saturated rings. The minimum Gasteiger partial charge on any atom is -0.274 e. The lowest BCUT2D eigenvalue weighted by molar-refractivity contribution is -0.142. The van der Waals surface area contributed by atoms with E-state index in [-0.39, 0.29) is 19.5 Å². The Morgan fingerprint density at radius 1 is 0.741 bits per heavy atom. The zero-order valence-corrected chi connectivity index (χ0v) is 16.0. The summed E-state index contributed by atoms with van der Waals surface area (Å²) in [4.78, 5) is 39.3. The lowest BCUT2D eigenvalue weighted by atomic mass is 10.1. The summed E-state index contributed by atoms with van der Waals surface area (Å²) in [7, 11) is 0. The van der Waals surface area contributed by atoms with Gasteiger partial charge in [0.15, 0.2) is 0 Å². The third-order valence-electron chi connectivity index (χ3n) is 4.39. The molecule has 1 heterocycles. The highest BCUT2D eigenvalue weighted by Gasteiger charge is 2.37. The molecule has 0 atom stereocenters. The van der Waals surface area contributed by atoms with Gasteiger partial charge in [-0.3, -0.25) is 19.4 Å². The largest absolute Gasteiger partial charge is 0.333 e. The fourth-order valence-corrected chi connectivity index (χ4v) is 3.41. The molecule has 0 radical (unpaired) electrons. The maximum absolute atomic E-state index is 12.7. The van der Waals surface area contributed by atoms with E-state index in [1.54, 1.807) is 24.3 Å². The van der Waals surface area contributed by atoms with Crippen LogP contribution in [0.2, 0.25) is 10.0 Å². The van der Waals surface area contributed by atoms with Crippen molar-refractivity contribution in [2.24, 2.45) is 0 Å². The van der Waals surface area contributed by atoms with E-state index in [0.717, 1.165) is 20.9 Å². The van der Waals surface area contributed by atoms with Gasteiger partial charge >= 0.3 is 6.03 Å². The van der Waals surface area contributed by atoms with E-state index in [4.69, 9.17) is 23.2 Å². The summed E-state index contributed by atoms with van der Waals surface area (Å²) in [6.45, 7) is 0.415. The maximum Gasteiger partial charge on any atom is 0.333 e. The van der Waals surface area contributed by atoms with Crippen LogP contribution in [0.15, 0.2) is 48.5 Å². The fourth-order valence-electron chi connectivity index (χ4n) is 2.99. The van der Waals surface area contributed by atoms with Crippen LogP contribution in [0.4, 0.5) is 4.79 Å². The monoisotopic (exact) mass is 404 g/mol. The first-order valence-electron chi connectivity index (χ1n) is 8.57. The highest BCUT2D eigenvalue weighted by Crippen LogP contribution is 2.17. The Bertz CT molecular complexity index is 816. The Morgan fingerprint density at radius 2 is 1.19 bits per heavy atom. The molecule has 140 valence electrons. The molecule has 7 heteroatoms. The van der Waals surface area contributed by atoms with Crippen LogP contribution in [0.25, 0.3) is 0 Å². The van der Waals surface area contributed by atoms with Crippen LogP contribution in [0.3, 0.4) is 0 Å². The summed E-state index contributed by atoms with van der Waals surface area (Å²) in [5.74, 6) is -0.933. The number of amides is 4. The van der Waals surface area contributed by atoms with Crippen molar-refractivity contribution in [3.63, 3.8) is 0 Å². The van der Waals surface area contributed by atoms with E-state index >= 15 is 0 Å². The van der Waals surface area contributed by atoms with Crippen molar-refractivity contribution < 1.29 is 14.4 Å². The summed E-state index contributed by atoms with van der Waals surface area (Å²) < 4.78 is 0. The van der Waals surface area contributed by atoms with Gasteiger partial charge in [-0.1, -0.05) is 47.5 Å². The SMILES string of the molecule is O=C1CC(=O)N(CCc2cccc(Cl)c2)C(=O)N1CCc1cccc(Cl)c1. The zero-order valence-electron chi connectivity index (χ0n) is 14.5. The highest BCUT2D eigenvalue weighted by molar-refractivity contribution is 6.30. The van der Waals surface area contributed by atoms with Crippen LogP contribution in [-0.2, 0) is 22.4 Å². The number of carbonyl (C=O) groups excluding carboxylic acids is 3. The smallest absolute Gasteiger partial charge is 0.274 e. The Morgan fingerprint density at radius 3 is 1.59 bits per heavy atom. The van der Waals surface area contributed by atoms with Crippen LogP contribution in [-0.4, -0.2) is 40.7 Å². The minimum absolute atomic E-state index is 0.207. The van der Waals surface area contributed by atoms with Crippen LogP contribution in [0, 0.1) is 0 Å². The number of carbonyl (C=O) groups is 3. The van der Waals surface area contributed by atoms with Gasteiger partial charge in [0.2, 0.25) is 11.8 Å². The summed E-state index contributed by atoms with van der Waals surface area (Å²) in [6.07, 6.45) is 0.666. The fraction of sp³-hybridized carbons (Fsp3) is 0.250. The van der Waals surface area contributed by atoms with Crippen molar-refractivity contribution in [1.82, 2.24) is 9.80 Å². The second kappa shape index (κ2) is 8.55. The normalized spacial score (nSPS) is 14.8. The highest BCUT2D eigenvalue weighted by atomic mass is 35.5. The van der Waals surface area contributed by atoms with E-state index in [0.29, 0.717) is 22.9 Å². The number of imide groups is 2. The topological polar surface area (TPSA) is 57.7 Å². The molecule has 0 N–H and O–H groups in total. The summed E-state index contributed by atoms with van der Waals surface area (Å²) in [6, 6.07) is 13.9. The maximum atomic E-state index is 12.7. The Kier molecular flexibility index (Phi) is 6.14. The molecule has 27 heavy (non-hydrogen) atoms. The summed E-state index contributed by atoms with van der Waals surface area (Å²) in [5.41, 5.74) is 1.84. The van der Waals surface area contributed by atoms with Gasteiger partial charge in [-0.2, -0.15) is 0 Å². The molecule has 0 spiro atoms. The molecule has 1 saturated heterocycles. The van der Waals surface area contributed by atoms with Gasteiger partial charge in [0.05, 0.1) is 0 Å². The van der Waals surface area contributed by atoms with Gasteiger partial charge in [0.25, 0.3) is 0 Å². The van der Waals surface area contributed by atoms with Crippen LogP contribution in [0.5, 0.6) is 0 Å². The Balaban J connectivity index is 1.65. The van der Waals surface area contributed by atoms with Gasteiger partial charge < -0.3 is 0 Å². The third kappa shape index (κ3) is 4.87. The molecule has 0 aliphatic carbocycles. The number of hydrogen-bond donors (Lipinski definition) is 0. The molecule has 0 bridgehead atoms. The number of barbiturate groups is 1. The van der Waals surface area contributed by atoms with E-state index in [1.165, 1.54) is 0 Å². The van der Waals surface area contributed by atoms with Gasteiger partial charge in [0.1, 0.15) is 6.42 Å². The van der Waals surface area contributed by atoms with Crippen LogP contribution >= 0.6 is 23.2 Å². The molecule has 2 aromatic rings. The van der Waals surface area contributed by atoms with Crippen molar-refractivity contribution in [3.05, 3.63) is 69.7 Å². The zero-order chi connectivity index (χ0) is 19.4. The lowest BCUT2D eigenvalue weighted by Crippen LogP contribution is -2.55. The molecular formula is C20H18Cl2N2O3. The van der Waals surface area contributed by atoms with E-state index in [9.17, 15) is 14.4 Å². The summed E-state index contributed by atoms with van der Waals surface area (Å²) >= 11 is 11.9. The average Bonchev–Trinajstić information content (AvgIpc) is 2.61. The summed E-state index contributed by atoms with van der Waals surface area (Å²) in [5, 5.41) is 1.20. The number of urea groups is 1. The van der Waals surface area contributed by atoms with Crippen molar-refractivity contribution in [3.8, 4) is 0 Å². The second-order valence-corrected chi connectivity index (χ2v) is 7.18. The van der Waals surface area contributed by atoms with Crippen LogP contribution < -0.4 is 0 Å². The first kappa shape index (κ1) is 19.4. The third-order valence-corrected chi connectivity index (χ3v) is 4.86. The molecule has 0 unspecified atom stereocenters. The van der Waals surface area contributed by atoms with Crippen LogP contribution in [0.1, 0.15) is 17.5 Å². The molecule has 1 aliphatic heterocycles. The first-order chi connectivity index (χ1) is 12.9. The Labute approximate surface area is 167 Å². The van der Waals surface area contributed by atoms with Gasteiger partial charge in [-0.15, -0.1) is 0 Å². The predicted octanol–water partition coefficient (Wildman–Crippen LogP) is 3.96. The molecule has 2 aromatic carbocycles. The van der Waals surface area contributed by atoms with Crippen molar-refractivity contribution in [2.75, 3.05) is 13.1 Å². The molecule has 1 aliphatic rings. The number of hydrogen-bond acceptors (Lipinski definition) is 3. The average molecular weight is 405 g/mol. The number of nitrogens with zero attached hydrogens (tertiary/aromatic N) is 2.